The van der Waals surface area contributed by atoms with Crippen molar-refractivity contribution in [2.24, 2.45) is 0 Å². The van der Waals surface area contributed by atoms with Crippen LogP contribution in [-0.2, 0) is 10.0 Å². The third-order valence-electron chi connectivity index (χ3n) is 4.85. The summed E-state index contributed by atoms with van der Waals surface area (Å²) >= 11 is 1.18. The summed E-state index contributed by atoms with van der Waals surface area (Å²) in [5, 5.41) is 15.7. The maximum atomic E-state index is 12.6. The first-order valence-corrected chi connectivity index (χ1v) is 12.4. The first kappa shape index (κ1) is 23.9. The van der Waals surface area contributed by atoms with Crippen LogP contribution < -0.4 is 14.8 Å². The van der Waals surface area contributed by atoms with E-state index in [0.717, 1.165) is 0 Å². The Kier molecular flexibility index (Phi) is 6.75. The summed E-state index contributed by atoms with van der Waals surface area (Å²) in [6, 6.07) is 17.9. The molecular weight excluding hydrogens is 492 g/mol. The van der Waals surface area contributed by atoms with Crippen LogP contribution >= 0.6 is 11.3 Å². The average Bonchev–Trinajstić information content (AvgIpc) is 3.33. The fourth-order valence-electron chi connectivity index (χ4n) is 3.07. The average molecular weight is 511 g/mol. The van der Waals surface area contributed by atoms with Crippen LogP contribution in [0.1, 0.15) is 10.4 Å². The van der Waals surface area contributed by atoms with Gasteiger partial charge in [-0.3, -0.25) is 24.9 Å². The number of methoxy groups -OCH3 is 1. The highest BCUT2D eigenvalue weighted by Gasteiger charge is 2.16. The molecule has 0 saturated heterocycles. The molecule has 1 heterocycles. The summed E-state index contributed by atoms with van der Waals surface area (Å²) in [6.45, 7) is 0. The van der Waals surface area contributed by atoms with Crippen molar-refractivity contribution in [3.63, 3.8) is 0 Å². The van der Waals surface area contributed by atoms with Crippen molar-refractivity contribution in [1.82, 2.24) is 4.98 Å². The van der Waals surface area contributed by atoms with Crippen molar-refractivity contribution in [3.8, 4) is 17.0 Å². The maximum absolute atomic E-state index is 12.6. The number of nitro groups is 1. The predicted octanol–water partition coefficient (Wildman–Crippen LogP) is 4.78. The van der Waals surface area contributed by atoms with Crippen molar-refractivity contribution in [2.45, 2.75) is 4.90 Å². The first-order valence-electron chi connectivity index (χ1n) is 10.0. The SMILES string of the molecule is COc1ccc(S(=O)(=O)Nc2ccc(C(=O)Nc3nc(-c4cccc([N+](=O)[O-])c4)cs3)cc2)cc1. The number of anilines is 2. The van der Waals surface area contributed by atoms with Gasteiger partial charge in [0.2, 0.25) is 0 Å². The van der Waals surface area contributed by atoms with Crippen LogP contribution in [0.4, 0.5) is 16.5 Å². The Morgan fingerprint density at radius 3 is 2.43 bits per heavy atom. The summed E-state index contributed by atoms with van der Waals surface area (Å²) < 4.78 is 32.6. The lowest BCUT2D eigenvalue weighted by atomic mass is 10.1. The highest BCUT2D eigenvalue weighted by molar-refractivity contribution is 7.92. The molecule has 10 nitrogen and oxygen atoms in total. The Balaban J connectivity index is 1.42. The molecule has 0 atom stereocenters. The van der Waals surface area contributed by atoms with E-state index in [0.29, 0.717) is 33.4 Å². The summed E-state index contributed by atoms with van der Waals surface area (Å²) in [6.07, 6.45) is 0. The van der Waals surface area contributed by atoms with Gasteiger partial charge in [0.05, 0.1) is 22.6 Å². The van der Waals surface area contributed by atoms with Gasteiger partial charge in [-0.15, -0.1) is 11.3 Å². The fraction of sp³-hybridized carbons (Fsp3) is 0.0435. The molecule has 0 unspecified atom stereocenters. The molecule has 12 heteroatoms. The summed E-state index contributed by atoms with van der Waals surface area (Å²) in [7, 11) is -2.32. The van der Waals surface area contributed by atoms with Gasteiger partial charge in [-0.2, -0.15) is 0 Å². The number of nitrogens with zero attached hydrogens (tertiary/aromatic N) is 2. The van der Waals surface area contributed by atoms with E-state index in [4.69, 9.17) is 4.74 Å². The van der Waals surface area contributed by atoms with Gasteiger partial charge in [-0.25, -0.2) is 13.4 Å². The number of hydrogen-bond donors (Lipinski definition) is 2. The number of rotatable bonds is 8. The van der Waals surface area contributed by atoms with Gasteiger partial charge in [0.25, 0.3) is 21.6 Å². The minimum atomic E-state index is -3.81. The van der Waals surface area contributed by atoms with E-state index in [1.54, 1.807) is 29.6 Å². The Hall–Kier alpha value is -4.29. The Labute approximate surface area is 204 Å². The molecule has 35 heavy (non-hydrogen) atoms. The number of aromatic nitrogens is 1. The molecule has 0 radical (unpaired) electrons. The van der Waals surface area contributed by atoms with Crippen LogP contribution in [0, 0.1) is 10.1 Å². The lowest BCUT2D eigenvalue weighted by molar-refractivity contribution is -0.384. The van der Waals surface area contributed by atoms with Crippen molar-refractivity contribution in [3.05, 3.63) is 93.9 Å². The Morgan fingerprint density at radius 2 is 1.77 bits per heavy atom. The number of benzene rings is 3. The zero-order valence-corrected chi connectivity index (χ0v) is 19.8. The molecule has 0 spiro atoms. The largest absolute Gasteiger partial charge is 0.497 e. The zero-order chi connectivity index (χ0) is 25.0. The summed E-state index contributed by atoms with van der Waals surface area (Å²) in [5.74, 6) is 0.103. The van der Waals surface area contributed by atoms with Gasteiger partial charge in [0.15, 0.2) is 5.13 Å². The number of sulfonamides is 1. The van der Waals surface area contributed by atoms with Gasteiger partial charge in [-0.05, 0) is 48.5 Å². The molecule has 0 saturated carbocycles. The quantitative estimate of drug-likeness (QED) is 0.257. The fourth-order valence-corrected chi connectivity index (χ4v) is 4.84. The smallest absolute Gasteiger partial charge is 0.270 e. The molecule has 1 amide bonds. The number of nitro benzene ring substituents is 1. The van der Waals surface area contributed by atoms with Crippen molar-refractivity contribution in [1.29, 1.82) is 0 Å². The first-order chi connectivity index (χ1) is 16.7. The molecule has 2 N–H and O–H groups in total. The molecule has 0 aliphatic carbocycles. The van der Waals surface area contributed by atoms with E-state index >= 15 is 0 Å². The maximum Gasteiger partial charge on any atom is 0.270 e. The molecular formula is C23H18N4O6S2. The van der Waals surface area contributed by atoms with E-state index < -0.39 is 20.9 Å². The lowest BCUT2D eigenvalue weighted by Gasteiger charge is -2.09. The van der Waals surface area contributed by atoms with Crippen molar-refractivity contribution in [2.75, 3.05) is 17.1 Å². The van der Waals surface area contributed by atoms with E-state index in [1.807, 2.05) is 0 Å². The Bertz CT molecular complexity index is 1480. The summed E-state index contributed by atoms with van der Waals surface area (Å²) in [5.41, 5.74) is 1.59. The second-order valence-corrected chi connectivity index (χ2v) is 9.70. The van der Waals surface area contributed by atoms with Gasteiger partial charge < -0.3 is 4.74 Å². The molecule has 4 aromatic rings. The van der Waals surface area contributed by atoms with Crippen molar-refractivity contribution < 1.29 is 22.9 Å². The van der Waals surface area contributed by atoms with Gasteiger partial charge in [-0.1, -0.05) is 12.1 Å². The number of non-ortho nitro benzene ring substituents is 1. The molecule has 178 valence electrons. The number of thiazole rings is 1. The number of amides is 1. The standard InChI is InChI=1S/C23H18N4O6S2/c1-33-19-9-11-20(12-10-19)35(31,32)26-17-7-5-15(6-8-17)22(28)25-23-24-21(14-34-23)16-3-2-4-18(13-16)27(29)30/h2-14,26H,1H3,(H,24,25,28). The van der Waals surface area contributed by atoms with Gasteiger partial charge >= 0.3 is 0 Å². The van der Waals surface area contributed by atoms with E-state index in [1.165, 1.54) is 67.0 Å². The molecule has 4 rings (SSSR count). The number of carbonyl (C=O) groups excluding carboxylic acids is 1. The molecule has 0 bridgehead atoms. The van der Waals surface area contributed by atoms with Crippen LogP contribution in [0.2, 0.25) is 0 Å². The van der Waals surface area contributed by atoms with Crippen molar-refractivity contribution >= 4 is 43.8 Å². The van der Waals surface area contributed by atoms with Gasteiger partial charge in [0, 0.05) is 34.3 Å². The molecule has 0 aliphatic heterocycles. The second kappa shape index (κ2) is 9.91. The zero-order valence-electron chi connectivity index (χ0n) is 18.2. The van der Waals surface area contributed by atoms with Crippen LogP contribution in [0.25, 0.3) is 11.3 Å². The monoisotopic (exact) mass is 510 g/mol. The number of hydrogen-bond acceptors (Lipinski definition) is 8. The molecule has 0 fully saturated rings. The van der Waals surface area contributed by atoms with Crippen LogP contribution in [-0.4, -0.2) is 31.3 Å². The third kappa shape index (κ3) is 5.62. The highest BCUT2D eigenvalue weighted by atomic mass is 32.2. The topological polar surface area (TPSA) is 141 Å². The van der Waals surface area contributed by atoms with Crippen LogP contribution in [0.5, 0.6) is 5.75 Å². The van der Waals surface area contributed by atoms with Crippen LogP contribution in [0.15, 0.2) is 83.1 Å². The van der Waals surface area contributed by atoms with E-state index in [-0.39, 0.29) is 10.6 Å². The van der Waals surface area contributed by atoms with E-state index in [2.05, 4.69) is 15.0 Å². The van der Waals surface area contributed by atoms with Crippen LogP contribution in [0.3, 0.4) is 0 Å². The van der Waals surface area contributed by atoms with Gasteiger partial charge in [0.1, 0.15) is 5.75 Å². The molecule has 3 aromatic carbocycles. The normalized spacial score (nSPS) is 11.0. The van der Waals surface area contributed by atoms with E-state index in [9.17, 15) is 23.3 Å². The Morgan fingerprint density at radius 1 is 1.06 bits per heavy atom. The minimum Gasteiger partial charge on any atom is -0.497 e. The second-order valence-electron chi connectivity index (χ2n) is 7.16. The lowest BCUT2D eigenvalue weighted by Crippen LogP contribution is -2.14. The third-order valence-corrected chi connectivity index (χ3v) is 7.00. The number of carbonyl (C=O) groups is 1. The molecule has 0 aliphatic rings. The predicted molar refractivity (Wildman–Crippen MR) is 132 cm³/mol. The highest BCUT2D eigenvalue weighted by Crippen LogP contribution is 2.28. The number of ether oxygens (including phenoxy) is 1. The number of nitrogens with one attached hydrogen (secondary N) is 2. The molecule has 1 aromatic heterocycles. The minimum absolute atomic E-state index is 0.0520. The summed E-state index contributed by atoms with van der Waals surface area (Å²) in [4.78, 5) is 27.5.